The molecule has 11 amide bonds. The maximum absolute atomic E-state index is 15.2. The highest BCUT2D eigenvalue weighted by Crippen LogP contribution is 2.26. The van der Waals surface area contributed by atoms with Gasteiger partial charge in [-0.1, -0.05) is 102 Å². The van der Waals surface area contributed by atoms with E-state index in [2.05, 4.69) is 21.3 Å². The number of aliphatic hydroxyl groups is 1. The lowest BCUT2D eigenvalue weighted by molar-refractivity contribution is -0.157. The summed E-state index contributed by atoms with van der Waals surface area (Å²) in [6.45, 7) is 29.2. The molecule has 0 radical (unpaired) electrons. The number of hydrogen-bond donors (Lipinski definition) is 5. The maximum Gasteiger partial charge on any atom is 0.246 e. The molecule has 1 aliphatic heterocycles. The summed E-state index contributed by atoms with van der Waals surface area (Å²) >= 11 is 0. The van der Waals surface area contributed by atoms with E-state index in [-0.39, 0.29) is 50.0 Å². The van der Waals surface area contributed by atoms with Crippen LogP contribution in [0.1, 0.15) is 150 Å². The van der Waals surface area contributed by atoms with Crippen molar-refractivity contribution in [3.63, 3.8) is 0 Å². The Morgan fingerprint density at radius 2 is 0.908 bits per heavy atom. The molecule has 1 heterocycles. The van der Waals surface area contributed by atoms with Gasteiger partial charge in [0.05, 0.1) is 12.7 Å². The first-order valence-corrected chi connectivity index (χ1v) is 31.1. The predicted octanol–water partition coefficient (Wildman–Crippen LogP) is 2.89. The van der Waals surface area contributed by atoms with Gasteiger partial charge in [0.2, 0.25) is 65.0 Å². The van der Waals surface area contributed by atoms with Gasteiger partial charge in [0.25, 0.3) is 0 Å². The van der Waals surface area contributed by atoms with Gasteiger partial charge in [0.15, 0.2) is 0 Å². The van der Waals surface area contributed by atoms with E-state index in [0.29, 0.717) is 6.42 Å². The summed E-state index contributed by atoms with van der Waals surface area (Å²) in [5.41, 5.74) is 0. The first-order valence-electron chi connectivity index (χ1n) is 31.1. The Morgan fingerprint density at radius 1 is 0.471 bits per heavy atom. The van der Waals surface area contributed by atoms with Crippen molar-refractivity contribution in [2.75, 3.05) is 63.1 Å². The fourth-order valence-electron chi connectivity index (χ4n) is 11.2. The summed E-state index contributed by atoms with van der Waals surface area (Å²) in [6.07, 6.45) is 2.80. The second-order valence-corrected chi connectivity index (χ2v) is 26.2. The number of nitrogens with zero attached hydrogens (tertiary/aromatic N) is 7. The zero-order chi connectivity index (χ0) is 67.6. The number of carbonyl (C=O) groups is 11. The lowest BCUT2D eigenvalue weighted by Gasteiger charge is -2.41. The van der Waals surface area contributed by atoms with E-state index in [1.54, 1.807) is 67.5 Å². The molecule has 24 heteroatoms. The van der Waals surface area contributed by atoms with Gasteiger partial charge in [-0.15, -0.1) is 0 Å². The van der Waals surface area contributed by atoms with Gasteiger partial charge in [-0.3, -0.25) is 52.7 Å². The van der Waals surface area contributed by atoms with Gasteiger partial charge >= 0.3 is 0 Å². The van der Waals surface area contributed by atoms with Crippen molar-refractivity contribution in [1.29, 1.82) is 0 Å². The average Bonchev–Trinajstić information content (AvgIpc) is 1.38. The molecular weight excluding hydrogens is 1120 g/mol. The third kappa shape index (κ3) is 21.3. The smallest absolute Gasteiger partial charge is 0.246 e. The second kappa shape index (κ2) is 35.7. The Hall–Kier alpha value is -6.17. The Balaban J connectivity index is 4.40. The van der Waals surface area contributed by atoms with Crippen LogP contribution in [0.3, 0.4) is 0 Å². The molecule has 0 aromatic heterocycles. The molecule has 1 rings (SSSR count). The van der Waals surface area contributed by atoms with Crippen LogP contribution >= 0.6 is 0 Å². The number of carbonyl (C=O) groups excluding carboxylic acids is 11. The molecule has 0 aromatic carbocycles. The molecule has 2 unspecified atom stereocenters. The zero-order valence-corrected chi connectivity index (χ0v) is 57.3. The minimum absolute atomic E-state index is 0.000697. The number of ether oxygens (including phenoxy) is 1. The van der Waals surface area contributed by atoms with E-state index in [4.69, 9.17) is 4.74 Å². The number of hydrogen-bond acceptors (Lipinski definition) is 13. The zero-order valence-electron chi connectivity index (χ0n) is 57.3. The standard InChI is InChI=1S/C63H113N11O13/c1-26-28-29-39(13)52(75)51-56(79)66-44(27-2)59(82)68(18)43(17)58(81)73(23)50(40(14)33-87-25)55(78)67-48(37(9)10)62(85)69(19)45(30-34(3)4)54(77)64-41(15)53(76)65-42(16)57(80)70(20)46(31-35(5)6)60(83)71(21)47(32-36(7)8)61(84)72(22)49(38(11)12)63(86)74(51)24/h26,28,34-52,75H,27,29-33H2,1-25H3,(H,64,77)(H,65,76)(H,66,79)(H,67,78)/b28-26+/t39-,40+,41+,42-,43-,44+,45+,46+,47+,48?,49?,50+,51+,52-/m1/s1. The Morgan fingerprint density at radius 3 is 1.37 bits per heavy atom. The fourth-order valence-corrected chi connectivity index (χ4v) is 11.2. The minimum atomic E-state index is -1.63. The van der Waals surface area contributed by atoms with Crippen LogP contribution in [0.25, 0.3) is 0 Å². The quantitative estimate of drug-likeness (QED) is 0.139. The number of allylic oxidation sites excluding steroid dienone is 2. The molecular formula is C63H113N11O13. The van der Waals surface area contributed by atoms with Gasteiger partial charge in [0, 0.05) is 62.4 Å². The summed E-state index contributed by atoms with van der Waals surface area (Å²) < 4.78 is 5.45. The highest BCUT2D eigenvalue weighted by atomic mass is 16.5. The molecule has 1 fully saturated rings. The molecule has 1 aliphatic rings. The molecule has 87 heavy (non-hydrogen) atoms. The van der Waals surface area contributed by atoms with E-state index >= 15 is 9.59 Å². The van der Waals surface area contributed by atoms with E-state index in [1.807, 2.05) is 41.5 Å². The molecule has 14 atom stereocenters. The maximum atomic E-state index is 15.2. The highest BCUT2D eigenvalue weighted by molar-refractivity contribution is 6.00. The summed E-state index contributed by atoms with van der Waals surface area (Å²) in [5, 5.41) is 23.1. The predicted molar refractivity (Wildman–Crippen MR) is 335 cm³/mol. The summed E-state index contributed by atoms with van der Waals surface area (Å²) in [6, 6.07) is -13.9. The molecule has 1 saturated heterocycles. The van der Waals surface area contributed by atoms with Crippen LogP contribution in [0.15, 0.2) is 12.2 Å². The average molecular weight is 1230 g/mol. The van der Waals surface area contributed by atoms with Crippen molar-refractivity contribution >= 4 is 65.0 Å². The van der Waals surface area contributed by atoms with Crippen molar-refractivity contribution in [2.24, 2.45) is 41.4 Å². The lowest BCUT2D eigenvalue weighted by Crippen LogP contribution is -2.64. The van der Waals surface area contributed by atoms with Crippen LogP contribution < -0.4 is 21.3 Å². The van der Waals surface area contributed by atoms with E-state index in [1.165, 1.54) is 102 Å². The molecule has 0 bridgehead atoms. The number of rotatable bonds is 16. The van der Waals surface area contributed by atoms with Crippen molar-refractivity contribution < 1.29 is 62.6 Å². The van der Waals surface area contributed by atoms with Crippen LogP contribution in [0.2, 0.25) is 0 Å². The normalized spacial score (nSPS) is 27.7. The number of methoxy groups -OCH3 is 1. The van der Waals surface area contributed by atoms with Crippen molar-refractivity contribution in [3.8, 4) is 0 Å². The molecule has 0 aliphatic carbocycles. The van der Waals surface area contributed by atoms with Crippen molar-refractivity contribution in [2.45, 2.75) is 222 Å². The SMILES string of the molecule is C/C=C/C[C@@H](C)[C@@H](O)[C@H]1C(=O)N[C@@H](CC)C(=O)N(C)[C@H](C)C(=O)N(C)[C@@H]([C@@H](C)COC)C(=O)NC(C(C)C)C(=O)N(C)[C@@H](CC(C)C)C(=O)N[C@@H](C)C(=O)N[C@H](C)C(=O)N(C)[C@@H](CC(C)C)C(=O)N(C)[C@@H](CC(C)C)C(=O)N(C)C(C(C)C)C(=O)N1C. The number of nitrogens with one attached hydrogen (secondary N) is 4. The van der Waals surface area contributed by atoms with E-state index in [0.717, 1.165) is 9.80 Å². The van der Waals surface area contributed by atoms with Gasteiger partial charge in [0.1, 0.15) is 66.5 Å². The summed E-state index contributed by atoms with van der Waals surface area (Å²) in [4.78, 5) is 170. The topological polar surface area (TPSA) is 288 Å². The van der Waals surface area contributed by atoms with Gasteiger partial charge < -0.3 is 65.4 Å². The second-order valence-electron chi connectivity index (χ2n) is 26.2. The van der Waals surface area contributed by atoms with Crippen LogP contribution in [-0.2, 0) is 57.5 Å². The number of likely N-dealkylation sites (N-methyl/N-ethyl adjacent to an activating group) is 7. The van der Waals surface area contributed by atoms with Crippen molar-refractivity contribution in [3.05, 3.63) is 12.2 Å². The lowest BCUT2D eigenvalue weighted by atomic mass is 9.91. The first-order chi connectivity index (χ1) is 40.2. The molecule has 0 saturated carbocycles. The Bertz CT molecular complexity index is 2380. The summed E-state index contributed by atoms with van der Waals surface area (Å²) in [7, 11) is 11.3. The van der Waals surface area contributed by atoms with Gasteiger partial charge in [-0.2, -0.15) is 0 Å². The largest absolute Gasteiger partial charge is 0.390 e. The number of amides is 11. The van der Waals surface area contributed by atoms with Gasteiger partial charge in [-0.05, 0) is 95.3 Å². The minimum Gasteiger partial charge on any atom is -0.390 e. The monoisotopic (exact) mass is 1230 g/mol. The Kier molecular flexibility index (Phi) is 32.4. The molecule has 0 aromatic rings. The van der Waals surface area contributed by atoms with Crippen LogP contribution in [0.4, 0.5) is 0 Å². The fraction of sp³-hybridized carbons (Fsp3) is 0.794. The van der Waals surface area contributed by atoms with E-state index < -0.39 is 161 Å². The van der Waals surface area contributed by atoms with Gasteiger partial charge in [-0.25, -0.2) is 0 Å². The van der Waals surface area contributed by atoms with Crippen molar-refractivity contribution in [1.82, 2.24) is 55.6 Å². The van der Waals surface area contributed by atoms with Crippen LogP contribution in [0, 0.1) is 41.4 Å². The summed E-state index contributed by atoms with van der Waals surface area (Å²) in [5.74, 6) is -10.6. The molecule has 0 spiro atoms. The van der Waals surface area contributed by atoms with Crippen LogP contribution in [0.5, 0.6) is 0 Å². The first kappa shape index (κ1) is 78.8. The van der Waals surface area contributed by atoms with Crippen LogP contribution in [-0.4, -0.2) is 240 Å². The molecule has 498 valence electrons. The van der Waals surface area contributed by atoms with E-state index in [9.17, 15) is 48.3 Å². The molecule has 5 N–H and O–H groups in total. The third-order valence-corrected chi connectivity index (χ3v) is 16.8. The third-order valence-electron chi connectivity index (χ3n) is 16.8. The number of aliphatic hydroxyl groups excluding tert-OH is 1. The highest BCUT2D eigenvalue weighted by Gasteiger charge is 2.46. The Labute approximate surface area is 520 Å². The molecule has 24 nitrogen and oxygen atoms in total.